The van der Waals surface area contributed by atoms with Crippen LogP contribution in [0, 0.1) is 0 Å². The Morgan fingerprint density at radius 2 is 2.30 bits per heavy atom. The SMILES string of the molecule is COC(=O)OC/C=C/C=O. The van der Waals surface area contributed by atoms with E-state index >= 15 is 0 Å². The van der Waals surface area contributed by atoms with Crippen LogP contribution in [0.5, 0.6) is 0 Å². The van der Waals surface area contributed by atoms with E-state index in [1.54, 1.807) is 0 Å². The molecule has 0 rings (SSSR count). The minimum absolute atomic E-state index is 0.0609. The van der Waals surface area contributed by atoms with Gasteiger partial charge in [0.25, 0.3) is 0 Å². The third kappa shape index (κ3) is 4.83. The molecule has 10 heavy (non-hydrogen) atoms. The Labute approximate surface area is 58.4 Å². The Hall–Kier alpha value is -1.32. The van der Waals surface area contributed by atoms with E-state index in [2.05, 4.69) is 9.47 Å². The molecule has 4 nitrogen and oxygen atoms in total. The van der Waals surface area contributed by atoms with Gasteiger partial charge in [0.1, 0.15) is 12.9 Å². The van der Waals surface area contributed by atoms with Crippen LogP contribution >= 0.6 is 0 Å². The number of allylic oxidation sites excluding steroid dienone is 1. The monoisotopic (exact) mass is 144 g/mol. The van der Waals surface area contributed by atoms with E-state index in [1.807, 2.05) is 0 Å². The standard InChI is InChI=1S/C6H8O4/c1-9-6(8)10-5-3-2-4-7/h2-4H,5H2,1H3/b3-2+. The first-order chi connectivity index (χ1) is 4.81. The van der Waals surface area contributed by atoms with Crippen molar-refractivity contribution in [3.05, 3.63) is 12.2 Å². The molecule has 0 aliphatic rings. The van der Waals surface area contributed by atoms with Crippen LogP contribution in [0.3, 0.4) is 0 Å². The molecule has 0 heterocycles. The molecule has 0 aromatic heterocycles. The van der Waals surface area contributed by atoms with E-state index in [0.29, 0.717) is 6.29 Å². The van der Waals surface area contributed by atoms with Crippen LogP contribution in [0.15, 0.2) is 12.2 Å². The Kier molecular flexibility index (Phi) is 5.04. The van der Waals surface area contributed by atoms with Crippen LogP contribution < -0.4 is 0 Å². The highest BCUT2D eigenvalue weighted by Crippen LogP contribution is 1.81. The van der Waals surface area contributed by atoms with Crippen molar-refractivity contribution in [3.8, 4) is 0 Å². The Morgan fingerprint density at radius 1 is 1.60 bits per heavy atom. The molecule has 0 aliphatic heterocycles. The number of aldehydes is 1. The summed E-state index contributed by atoms with van der Waals surface area (Å²) in [5.41, 5.74) is 0. The minimum atomic E-state index is -0.754. The summed E-state index contributed by atoms with van der Waals surface area (Å²) in [6.07, 6.45) is 2.49. The van der Waals surface area contributed by atoms with Gasteiger partial charge in [0.05, 0.1) is 7.11 Å². The lowest BCUT2D eigenvalue weighted by Gasteiger charge is -1.96. The van der Waals surface area contributed by atoms with Crippen LogP contribution in [0.2, 0.25) is 0 Å². The topological polar surface area (TPSA) is 52.6 Å². The number of hydrogen-bond donors (Lipinski definition) is 0. The van der Waals surface area contributed by atoms with Crippen molar-refractivity contribution in [2.75, 3.05) is 13.7 Å². The fourth-order valence-corrected chi connectivity index (χ4v) is 0.286. The first kappa shape index (κ1) is 8.68. The second kappa shape index (κ2) is 5.81. The summed E-state index contributed by atoms with van der Waals surface area (Å²) in [5.74, 6) is 0. The summed E-state index contributed by atoms with van der Waals surface area (Å²) in [6, 6.07) is 0. The van der Waals surface area contributed by atoms with Gasteiger partial charge in [-0.05, 0) is 12.2 Å². The smallest absolute Gasteiger partial charge is 0.438 e. The van der Waals surface area contributed by atoms with Gasteiger partial charge in [-0.3, -0.25) is 4.79 Å². The molecule has 0 fully saturated rings. The van der Waals surface area contributed by atoms with Crippen molar-refractivity contribution < 1.29 is 19.1 Å². The van der Waals surface area contributed by atoms with Crippen molar-refractivity contribution in [3.63, 3.8) is 0 Å². The van der Waals surface area contributed by atoms with Crippen molar-refractivity contribution in [2.45, 2.75) is 0 Å². The van der Waals surface area contributed by atoms with Crippen LogP contribution in [0.1, 0.15) is 0 Å². The summed E-state index contributed by atoms with van der Waals surface area (Å²) in [7, 11) is 1.21. The molecule has 0 amide bonds. The lowest BCUT2D eigenvalue weighted by molar-refractivity contribution is -0.104. The predicted molar refractivity (Wildman–Crippen MR) is 33.6 cm³/mol. The molecular formula is C6H8O4. The molecule has 56 valence electrons. The molecule has 0 saturated heterocycles. The number of carbonyl (C=O) groups is 2. The Bertz CT molecular complexity index is 139. The fraction of sp³-hybridized carbons (Fsp3) is 0.333. The van der Waals surface area contributed by atoms with Gasteiger partial charge in [-0.1, -0.05) is 0 Å². The maximum absolute atomic E-state index is 10.2. The molecule has 0 saturated carbocycles. The summed E-state index contributed by atoms with van der Waals surface area (Å²) in [4.78, 5) is 19.9. The largest absolute Gasteiger partial charge is 0.508 e. The van der Waals surface area contributed by atoms with E-state index in [-0.39, 0.29) is 6.61 Å². The second-order valence-corrected chi connectivity index (χ2v) is 1.33. The van der Waals surface area contributed by atoms with Crippen molar-refractivity contribution >= 4 is 12.4 Å². The van der Waals surface area contributed by atoms with Crippen LogP contribution in [0.25, 0.3) is 0 Å². The van der Waals surface area contributed by atoms with E-state index < -0.39 is 6.16 Å². The normalized spacial score (nSPS) is 9.30. The second-order valence-electron chi connectivity index (χ2n) is 1.33. The molecular weight excluding hydrogens is 136 g/mol. The van der Waals surface area contributed by atoms with E-state index in [9.17, 15) is 9.59 Å². The summed E-state index contributed by atoms with van der Waals surface area (Å²) < 4.78 is 8.53. The number of ether oxygens (including phenoxy) is 2. The third-order valence-electron chi connectivity index (χ3n) is 0.679. The van der Waals surface area contributed by atoms with Gasteiger partial charge in [0, 0.05) is 0 Å². The summed E-state index contributed by atoms with van der Waals surface area (Å²) in [5, 5.41) is 0. The molecule has 0 spiro atoms. The highest BCUT2D eigenvalue weighted by molar-refractivity contribution is 5.65. The number of carbonyl (C=O) groups excluding carboxylic acids is 2. The minimum Gasteiger partial charge on any atom is -0.438 e. The first-order valence-electron chi connectivity index (χ1n) is 2.62. The van der Waals surface area contributed by atoms with Gasteiger partial charge in [-0.25, -0.2) is 4.79 Å². The highest BCUT2D eigenvalue weighted by Gasteiger charge is 1.94. The van der Waals surface area contributed by atoms with E-state index in [1.165, 1.54) is 19.3 Å². The van der Waals surface area contributed by atoms with Gasteiger partial charge in [-0.2, -0.15) is 0 Å². The van der Waals surface area contributed by atoms with Crippen molar-refractivity contribution in [2.24, 2.45) is 0 Å². The van der Waals surface area contributed by atoms with E-state index in [4.69, 9.17) is 0 Å². The highest BCUT2D eigenvalue weighted by atomic mass is 16.7. The molecule has 0 N–H and O–H groups in total. The number of methoxy groups -OCH3 is 1. The van der Waals surface area contributed by atoms with Crippen LogP contribution in [-0.2, 0) is 14.3 Å². The fourth-order valence-electron chi connectivity index (χ4n) is 0.286. The average Bonchev–Trinajstić information content (AvgIpc) is 1.98. The lowest BCUT2D eigenvalue weighted by atomic mass is 10.5. The summed E-state index contributed by atoms with van der Waals surface area (Å²) >= 11 is 0. The molecule has 0 bridgehead atoms. The zero-order valence-corrected chi connectivity index (χ0v) is 5.57. The molecule has 0 aromatic carbocycles. The summed E-state index contributed by atoms with van der Waals surface area (Å²) in [6.45, 7) is 0.0609. The predicted octanol–water partition coefficient (Wildman–Crippen LogP) is 0.524. The third-order valence-corrected chi connectivity index (χ3v) is 0.679. The van der Waals surface area contributed by atoms with Crippen LogP contribution in [0.4, 0.5) is 4.79 Å². The molecule has 0 aliphatic carbocycles. The molecule has 0 unspecified atom stereocenters. The first-order valence-corrected chi connectivity index (χ1v) is 2.62. The van der Waals surface area contributed by atoms with Gasteiger partial charge < -0.3 is 9.47 Å². The van der Waals surface area contributed by atoms with Gasteiger partial charge >= 0.3 is 6.16 Å². The van der Waals surface area contributed by atoms with Gasteiger partial charge in [0.2, 0.25) is 0 Å². The van der Waals surface area contributed by atoms with Crippen LogP contribution in [-0.4, -0.2) is 26.2 Å². The quantitative estimate of drug-likeness (QED) is 0.329. The molecule has 0 atom stereocenters. The van der Waals surface area contributed by atoms with Crippen molar-refractivity contribution in [1.82, 2.24) is 0 Å². The molecule has 0 radical (unpaired) electrons. The average molecular weight is 144 g/mol. The molecule has 4 heteroatoms. The Morgan fingerprint density at radius 3 is 2.80 bits per heavy atom. The number of hydrogen-bond acceptors (Lipinski definition) is 4. The molecule has 0 aromatic rings. The number of rotatable bonds is 3. The zero-order chi connectivity index (χ0) is 7.82. The maximum Gasteiger partial charge on any atom is 0.508 e. The van der Waals surface area contributed by atoms with E-state index in [0.717, 1.165) is 0 Å². The lowest BCUT2D eigenvalue weighted by Crippen LogP contribution is -2.03. The van der Waals surface area contributed by atoms with Gasteiger partial charge in [0.15, 0.2) is 0 Å². The zero-order valence-electron chi connectivity index (χ0n) is 5.57. The van der Waals surface area contributed by atoms with Crippen molar-refractivity contribution in [1.29, 1.82) is 0 Å². The van der Waals surface area contributed by atoms with Gasteiger partial charge in [-0.15, -0.1) is 0 Å². The Balaban J connectivity index is 3.27. The maximum atomic E-state index is 10.2.